The van der Waals surface area contributed by atoms with Gasteiger partial charge in [-0.2, -0.15) is 18.4 Å². The highest BCUT2D eigenvalue weighted by Gasteiger charge is 2.30. The van der Waals surface area contributed by atoms with E-state index in [1.807, 2.05) is 12.1 Å². The Hall–Kier alpha value is -3.25. The average molecular weight is 416 g/mol. The van der Waals surface area contributed by atoms with Crippen molar-refractivity contribution in [3.05, 3.63) is 64.1 Å². The number of hydrogen-bond donors (Lipinski definition) is 0. The minimum atomic E-state index is -4.41. The summed E-state index contributed by atoms with van der Waals surface area (Å²) in [7, 11) is 0. The topological polar surface area (TPSA) is 71.6 Å². The molecule has 148 valence electrons. The first-order valence-electron chi connectivity index (χ1n) is 8.46. The summed E-state index contributed by atoms with van der Waals surface area (Å²) in [6.07, 6.45) is -1.44. The lowest BCUT2D eigenvalue weighted by molar-refractivity contribution is -0.141. The Morgan fingerprint density at radius 3 is 2.72 bits per heavy atom. The van der Waals surface area contributed by atoms with E-state index in [0.29, 0.717) is 22.1 Å². The molecule has 0 radical (unpaired) electrons. The van der Waals surface area contributed by atoms with Crippen molar-refractivity contribution >= 4 is 23.2 Å². The number of nitriles is 1. The fraction of sp³-hybridized carbons (Fsp3) is 0.200. The molecule has 0 aliphatic rings. The highest BCUT2D eigenvalue weighted by Crippen LogP contribution is 2.26. The predicted molar refractivity (Wildman–Crippen MR) is 103 cm³/mol. The van der Waals surface area contributed by atoms with Crippen molar-refractivity contribution < 1.29 is 18.0 Å². The van der Waals surface area contributed by atoms with E-state index in [1.165, 1.54) is 37.3 Å². The van der Waals surface area contributed by atoms with E-state index in [2.05, 4.69) is 9.97 Å². The molecule has 3 aromatic rings. The van der Waals surface area contributed by atoms with Crippen molar-refractivity contribution in [3.63, 3.8) is 0 Å². The summed E-state index contributed by atoms with van der Waals surface area (Å²) < 4.78 is 39.4. The van der Waals surface area contributed by atoms with E-state index in [4.69, 9.17) is 0 Å². The Bertz CT molecular complexity index is 1120. The van der Waals surface area contributed by atoms with Crippen LogP contribution in [0.25, 0.3) is 16.8 Å². The van der Waals surface area contributed by atoms with Crippen LogP contribution in [0.15, 0.2) is 41.4 Å². The molecule has 0 aromatic carbocycles. The van der Waals surface area contributed by atoms with Crippen LogP contribution >= 0.6 is 11.3 Å². The van der Waals surface area contributed by atoms with Crippen LogP contribution in [0.2, 0.25) is 0 Å². The molecule has 0 aliphatic carbocycles. The van der Waals surface area contributed by atoms with E-state index in [-0.39, 0.29) is 16.8 Å². The molecule has 3 rings (SSSR count). The summed E-state index contributed by atoms with van der Waals surface area (Å²) in [5.41, 5.74) is 1.40. The molecule has 3 aromatic heterocycles. The fourth-order valence-corrected chi connectivity index (χ4v) is 3.61. The Morgan fingerprint density at radius 2 is 2.10 bits per heavy atom. The van der Waals surface area contributed by atoms with Crippen LogP contribution in [0.1, 0.15) is 27.4 Å². The number of thiazole rings is 1. The van der Waals surface area contributed by atoms with Gasteiger partial charge in [-0.3, -0.25) is 9.78 Å². The number of aryl methyl sites for hydroxylation is 1. The molecule has 0 bridgehead atoms. The first-order chi connectivity index (χ1) is 13.7. The summed E-state index contributed by atoms with van der Waals surface area (Å²) in [5, 5.41) is 11.7. The molecule has 3 heterocycles. The summed E-state index contributed by atoms with van der Waals surface area (Å²) >= 11 is 1.31. The summed E-state index contributed by atoms with van der Waals surface area (Å²) in [5.74, 6) is -0.638. The standard InChI is InChI=1S/C20H15F3N4OS/c1-12-7-16(13(2)27(12)11-20(21,22)23)18(28)14(9-24)8-15-10-29-19(26-15)17-5-3-4-6-25-17/h3-8,10H,11H2,1-2H3. The molecule has 0 N–H and O–H groups in total. The minimum Gasteiger partial charge on any atom is -0.339 e. The lowest BCUT2D eigenvalue weighted by atomic mass is 10.0. The normalized spacial score (nSPS) is 12.1. The number of allylic oxidation sites excluding steroid dienone is 1. The molecule has 0 spiro atoms. The van der Waals surface area contributed by atoms with Gasteiger partial charge in [0.2, 0.25) is 5.78 Å². The first kappa shape index (κ1) is 20.5. The number of halogens is 3. The maximum atomic E-state index is 12.8. The van der Waals surface area contributed by atoms with E-state index in [0.717, 1.165) is 4.57 Å². The zero-order chi connectivity index (χ0) is 21.2. The maximum Gasteiger partial charge on any atom is 0.406 e. The smallest absolute Gasteiger partial charge is 0.339 e. The molecular weight excluding hydrogens is 401 g/mol. The number of carbonyl (C=O) groups excluding carboxylic acids is 1. The number of ketones is 1. The van der Waals surface area contributed by atoms with Crippen LogP contribution in [0.4, 0.5) is 13.2 Å². The van der Waals surface area contributed by atoms with E-state index in [9.17, 15) is 23.2 Å². The summed E-state index contributed by atoms with van der Waals surface area (Å²) in [4.78, 5) is 21.3. The van der Waals surface area contributed by atoms with Gasteiger partial charge in [-0.1, -0.05) is 6.07 Å². The molecule has 0 aliphatic heterocycles. The second-order valence-electron chi connectivity index (χ2n) is 6.28. The van der Waals surface area contributed by atoms with Gasteiger partial charge in [0.1, 0.15) is 23.2 Å². The Morgan fingerprint density at radius 1 is 1.34 bits per heavy atom. The number of aromatic nitrogens is 3. The third-order valence-electron chi connectivity index (χ3n) is 4.22. The molecule has 0 atom stereocenters. The predicted octanol–water partition coefficient (Wildman–Crippen LogP) is 4.98. The largest absolute Gasteiger partial charge is 0.406 e. The Balaban J connectivity index is 1.91. The van der Waals surface area contributed by atoms with Crippen molar-refractivity contribution in [1.82, 2.24) is 14.5 Å². The quantitative estimate of drug-likeness (QED) is 0.334. The van der Waals surface area contributed by atoms with E-state index < -0.39 is 18.5 Å². The van der Waals surface area contributed by atoms with Crippen molar-refractivity contribution in [2.75, 3.05) is 0 Å². The van der Waals surface area contributed by atoms with Gasteiger partial charge in [0.25, 0.3) is 0 Å². The van der Waals surface area contributed by atoms with E-state index >= 15 is 0 Å². The zero-order valence-corrected chi connectivity index (χ0v) is 16.3. The van der Waals surface area contributed by atoms with E-state index in [1.54, 1.807) is 23.7 Å². The van der Waals surface area contributed by atoms with Crippen LogP contribution in [-0.4, -0.2) is 26.5 Å². The summed E-state index contributed by atoms with van der Waals surface area (Å²) in [6.45, 7) is 1.73. The van der Waals surface area contributed by atoms with Crippen molar-refractivity contribution in [3.8, 4) is 16.8 Å². The third kappa shape index (κ3) is 4.60. The number of hydrogen-bond acceptors (Lipinski definition) is 5. The summed E-state index contributed by atoms with van der Waals surface area (Å²) in [6, 6.07) is 8.59. The van der Waals surface area contributed by atoms with Gasteiger partial charge < -0.3 is 4.57 Å². The van der Waals surface area contributed by atoms with Crippen LogP contribution in [-0.2, 0) is 6.54 Å². The van der Waals surface area contributed by atoms with Crippen LogP contribution in [0.3, 0.4) is 0 Å². The molecule has 0 amide bonds. The van der Waals surface area contributed by atoms with Crippen molar-refractivity contribution in [1.29, 1.82) is 5.26 Å². The van der Waals surface area contributed by atoms with Crippen molar-refractivity contribution in [2.24, 2.45) is 0 Å². The lowest BCUT2D eigenvalue weighted by Gasteiger charge is -2.12. The second-order valence-corrected chi connectivity index (χ2v) is 7.14. The molecule has 0 saturated carbocycles. The molecule has 9 heteroatoms. The fourth-order valence-electron chi connectivity index (χ4n) is 2.85. The van der Waals surface area contributed by atoms with Crippen LogP contribution in [0.5, 0.6) is 0 Å². The number of pyridine rings is 1. The first-order valence-corrected chi connectivity index (χ1v) is 9.34. The van der Waals surface area contributed by atoms with Gasteiger partial charge in [0.05, 0.1) is 11.4 Å². The zero-order valence-electron chi connectivity index (χ0n) is 15.5. The molecule has 5 nitrogen and oxygen atoms in total. The number of alkyl halides is 3. The monoisotopic (exact) mass is 416 g/mol. The Labute approximate surface area is 168 Å². The second kappa shape index (κ2) is 8.01. The number of carbonyl (C=O) groups is 1. The van der Waals surface area contributed by atoms with Gasteiger partial charge >= 0.3 is 6.18 Å². The lowest BCUT2D eigenvalue weighted by Crippen LogP contribution is -2.19. The number of rotatable bonds is 5. The van der Waals surface area contributed by atoms with Gasteiger partial charge in [0.15, 0.2) is 0 Å². The van der Waals surface area contributed by atoms with Gasteiger partial charge in [-0.15, -0.1) is 11.3 Å². The van der Waals surface area contributed by atoms with Crippen LogP contribution < -0.4 is 0 Å². The van der Waals surface area contributed by atoms with Gasteiger partial charge in [-0.05, 0) is 38.1 Å². The third-order valence-corrected chi connectivity index (χ3v) is 5.10. The molecule has 0 saturated heterocycles. The van der Waals surface area contributed by atoms with Gasteiger partial charge in [-0.25, -0.2) is 4.98 Å². The van der Waals surface area contributed by atoms with Crippen LogP contribution in [0, 0.1) is 25.2 Å². The highest BCUT2D eigenvalue weighted by molar-refractivity contribution is 7.13. The minimum absolute atomic E-state index is 0.0692. The molecule has 0 unspecified atom stereocenters. The number of nitrogens with zero attached hydrogens (tertiary/aromatic N) is 4. The van der Waals surface area contributed by atoms with Gasteiger partial charge in [0, 0.05) is 28.5 Å². The molecule has 29 heavy (non-hydrogen) atoms. The SMILES string of the molecule is Cc1cc(C(=O)C(C#N)=Cc2csc(-c3ccccn3)n2)c(C)n1CC(F)(F)F. The average Bonchev–Trinajstić information content (AvgIpc) is 3.25. The highest BCUT2D eigenvalue weighted by atomic mass is 32.1. The number of Topliss-reactive ketones (excluding diaryl/α,β-unsaturated/α-hetero) is 1. The molecule has 0 fully saturated rings. The Kier molecular flexibility index (Phi) is 5.66. The van der Waals surface area contributed by atoms with Crippen molar-refractivity contribution in [2.45, 2.75) is 26.6 Å². The molecular formula is C20H15F3N4OS. The maximum absolute atomic E-state index is 12.8.